The standard InChI is InChI=1S/C22H29N9O3/c1-13-6-7-15(11-16(13)26-22(33)34-5)25-20-19(21(32)23-8-9-31(3)4)24-12-18(28-20)27-17-10-14(2)29-30-17/h6-7,10-12H,8-9H2,1-5H3,(H,23,32)(H,26,33)(H3,25,27,28,29,30). The number of aryl methyl sites for hydroxylation is 2. The zero-order chi connectivity index (χ0) is 24.7. The molecule has 0 aliphatic carbocycles. The summed E-state index contributed by atoms with van der Waals surface area (Å²) in [5.41, 5.74) is 3.01. The van der Waals surface area contributed by atoms with Gasteiger partial charge in [-0.15, -0.1) is 0 Å². The molecule has 0 bridgehead atoms. The number of aromatic amines is 1. The molecule has 0 aliphatic heterocycles. The SMILES string of the molecule is COC(=O)Nc1cc(Nc2nc(Nc3cc(C)[nH]n3)cnc2C(=O)NCCN(C)C)ccc1C. The van der Waals surface area contributed by atoms with E-state index in [1.165, 1.54) is 13.3 Å². The van der Waals surface area contributed by atoms with Crippen molar-refractivity contribution in [2.45, 2.75) is 13.8 Å². The zero-order valence-electron chi connectivity index (χ0n) is 19.8. The molecule has 2 heterocycles. The maximum atomic E-state index is 12.8. The fourth-order valence-corrected chi connectivity index (χ4v) is 2.92. The van der Waals surface area contributed by atoms with Gasteiger partial charge in [-0.05, 0) is 45.6 Å². The van der Waals surface area contributed by atoms with E-state index in [2.05, 4.69) is 46.2 Å². The first-order valence-electron chi connectivity index (χ1n) is 10.6. The molecule has 2 aromatic heterocycles. The summed E-state index contributed by atoms with van der Waals surface area (Å²) in [7, 11) is 5.14. The Morgan fingerprint density at radius 2 is 1.91 bits per heavy atom. The lowest BCUT2D eigenvalue weighted by molar-refractivity contribution is 0.0946. The lowest BCUT2D eigenvalue weighted by Crippen LogP contribution is -2.32. The number of ether oxygens (including phenoxy) is 1. The Labute approximate surface area is 197 Å². The Kier molecular flexibility index (Phi) is 7.98. The molecule has 0 unspecified atom stereocenters. The summed E-state index contributed by atoms with van der Waals surface area (Å²) in [5.74, 6) is 0.853. The number of methoxy groups -OCH3 is 1. The predicted molar refractivity (Wildman–Crippen MR) is 130 cm³/mol. The summed E-state index contributed by atoms with van der Waals surface area (Å²) in [4.78, 5) is 35.3. The maximum Gasteiger partial charge on any atom is 0.411 e. The van der Waals surface area contributed by atoms with Crippen LogP contribution >= 0.6 is 0 Å². The van der Waals surface area contributed by atoms with E-state index < -0.39 is 6.09 Å². The maximum absolute atomic E-state index is 12.8. The predicted octanol–water partition coefficient (Wildman–Crippen LogP) is 2.77. The smallest absolute Gasteiger partial charge is 0.411 e. The lowest BCUT2D eigenvalue weighted by atomic mass is 10.2. The number of aromatic nitrogens is 4. The molecule has 34 heavy (non-hydrogen) atoms. The molecule has 0 radical (unpaired) electrons. The van der Waals surface area contributed by atoms with Crippen LogP contribution in [0.25, 0.3) is 0 Å². The van der Waals surface area contributed by atoms with Crippen molar-refractivity contribution >= 4 is 40.8 Å². The first-order chi connectivity index (χ1) is 16.2. The minimum absolute atomic E-state index is 0.130. The Morgan fingerprint density at radius 1 is 1.12 bits per heavy atom. The van der Waals surface area contributed by atoms with E-state index in [0.29, 0.717) is 36.1 Å². The van der Waals surface area contributed by atoms with Gasteiger partial charge in [0.15, 0.2) is 23.1 Å². The van der Waals surface area contributed by atoms with Gasteiger partial charge in [-0.2, -0.15) is 5.10 Å². The summed E-state index contributed by atoms with van der Waals surface area (Å²) in [5, 5.41) is 18.7. The molecule has 3 aromatic rings. The highest BCUT2D eigenvalue weighted by molar-refractivity contribution is 5.98. The second-order valence-corrected chi connectivity index (χ2v) is 7.84. The third-order valence-electron chi connectivity index (χ3n) is 4.72. The van der Waals surface area contributed by atoms with Crippen molar-refractivity contribution in [1.29, 1.82) is 0 Å². The number of rotatable bonds is 9. The number of nitrogens with one attached hydrogen (secondary N) is 5. The van der Waals surface area contributed by atoms with E-state index in [9.17, 15) is 9.59 Å². The molecule has 2 amide bonds. The number of nitrogens with zero attached hydrogens (tertiary/aromatic N) is 4. The summed E-state index contributed by atoms with van der Waals surface area (Å²) in [6, 6.07) is 7.18. The molecule has 0 spiro atoms. The summed E-state index contributed by atoms with van der Waals surface area (Å²) in [6.45, 7) is 4.88. The Morgan fingerprint density at radius 3 is 2.59 bits per heavy atom. The van der Waals surface area contributed by atoms with Crippen LogP contribution in [0.2, 0.25) is 0 Å². The Hall–Kier alpha value is -4.19. The fraction of sp³-hybridized carbons (Fsp3) is 0.318. The van der Waals surface area contributed by atoms with Gasteiger partial charge in [0.25, 0.3) is 5.91 Å². The lowest BCUT2D eigenvalue weighted by Gasteiger charge is -2.15. The molecule has 12 nitrogen and oxygen atoms in total. The normalized spacial score (nSPS) is 10.6. The summed E-state index contributed by atoms with van der Waals surface area (Å²) in [6.07, 6.45) is 0.886. The van der Waals surface area contributed by atoms with Gasteiger partial charge < -0.3 is 25.6 Å². The van der Waals surface area contributed by atoms with Gasteiger partial charge in [-0.25, -0.2) is 14.8 Å². The van der Waals surface area contributed by atoms with Gasteiger partial charge in [0.2, 0.25) is 0 Å². The monoisotopic (exact) mass is 467 g/mol. The van der Waals surface area contributed by atoms with Crippen LogP contribution in [-0.4, -0.2) is 71.4 Å². The molecule has 0 fully saturated rings. The molecule has 180 valence electrons. The van der Waals surface area contributed by atoms with Gasteiger partial charge in [-0.1, -0.05) is 6.07 Å². The Bertz CT molecular complexity index is 1160. The van der Waals surface area contributed by atoms with Crippen molar-refractivity contribution < 1.29 is 14.3 Å². The molecule has 0 saturated carbocycles. The van der Waals surface area contributed by atoms with Crippen molar-refractivity contribution in [3.05, 3.63) is 47.4 Å². The van der Waals surface area contributed by atoms with Gasteiger partial charge in [0.1, 0.15) is 0 Å². The third-order valence-corrected chi connectivity index (χ3v) is 4.72. The van der Waals surface area contributed by atoms with Crippen molar-refractivity contribution in [2.75, 3.05) is 50.2 Å². The van der Waals surface area contributed by atoms with E-state index in [4.69, 9.17) is 0 Å². The fourth-order valence-electron chi connectivity index (χ4n) is 2.92. The molecular formula is C22H29N9O3. The number of anilines is 5. The van der Waals surface area contributed by atoms with Gasteiger partial charge in [0.05, 0.1) is 13.3 Å². The van der Waals surface area contributed by atoms with Crippen LogP contribution in [0, 0.1) is 13.8 Å². The first-order valence-corrected chi connectivity index (χ1v) is 10.6. The van der Waals surface area contributed by atoms with Gasteiger partial charge in [-0.3, -0.25) is 15.2 Å². The number of benzene rings is 1. The highest BCUT2D eigenvalue weighted by Crippen LogP contribution is 2.25. The van der Waals surface area contributed by atoms with Crippen molar-refractivity contribution in [3.8, 4) is 0 Å². The number of hydrogen-bond acceptors (Lipinski definition) is 9. The van der Waals surface area contributed by atoms with Crippen molar-refractivity contribution in [3.63, 3.8) is 0 Å². The minimum atomic E-state index is -0.582. The molecule has 3 rings (SSSR count). The average molecular weight is 468 g/mol. The van der Waals surface area contributed by atoms with E-state index >= 15 is 0 Å². The number of likely N-dealkylation sites (N-methyl/N-ethyl adjacent to an activating group) is 1. The van der Waals surface area contributed by atoms with Crippen molar-refractivity contribution in [1.82, 2.24) is 30.4 Å². The van der Waals surface area contributed by atoms with Crippen LogP contribution in [0.4, 0.5) is 33.6 Å². The van der Waals surface area contributed by atoms with E-state index in [1.54, 1.807) is 6.07 Å². The van der Waals surface area contributed by atoms with Crippen LogP contribution in [0.15, 0.2) is 30.5 Å². The molecule has 12 heteroatoms. The number of carbonyl (C=O) groups excluding carboxylic acids is 2. The van der Waals surface area contributed by atoms with Crippen LogP contribution in [0.5, 0.6) is 0 Å². The molecule has 0 aliphatic rings. The molecule has 5 N–H and O–H groups in total. The van der Waals surface area contributed by atoms with E-state index in [0.717, 1.165) is 11.3 Å². The molecular weight excluding hydrogens is 438 g/mol. The summed E-state index contributed by atoms with van der Waals surface area (Å²) >= 11 is 0. The topological polar surface area (TPSA) is 149 Å². The quantitative estimate of drug-likeness (QED) is 0.320. The largest absolute Gasteiger partial charge is 0.453 e. The zero-order valence-corrected chi connectivity index (χ0v) is 19.8. The second kappa shape index (κ2) is 11.1. The van der Waals surface area contributed by atoms with Gasteiger partial charge >= 0.3 is 6.09 Å². The number of H-pyrrole nitrogens is 1. The van der Waals surface area contributed by atoms with Crippen LogP contribution < -0.4 is 21.3 Å². The van der Waals surface area contributed by atoms with Crippen molar-refractivity contribution in [2.24, 2.45) is 0 Å². The number of hydrogen-bond donors (Lipinski definition) is 5. The van der Waals surface area contributed by atoms with Gasteiger partial charge in [0, 0.05) is 36.2 Å². The summed E-state index contributed by atoms with van der Waals surface area (Å²) < 4.78 is 4.68. The average Bonchev–Trinajstić information content (AvgIpc) is 3.20. The van der Waals surface area contributed by atoms with E-state index in [-0.39, 0.29) is 17.4 Å². The third kappa shape index (κ3) is 6.65. The highest BCUT2D eigenvalue weighted by Gasteiger charge is 2.17. The molecule has 1 aromatic carbocycles. The second-order valence-electron chi connectivity index (χ2n) is 7.84. The number of amides is 2. The number of carbonyl (C=O) groups is 2. The molecule has 0 atom stereocenters. The highest BCUT2D eigenvalue weighted by atomic mass is 16.5. The Balaban J connectivity index is 1.89. The van der Waals surface area contributed by atoms with E-state index in [1.807, 2.05) is 51.0 Å². The van der Waals surface area contributed by atoms with Crippen LogP contribution in [0.3, 0.4) is 0 Å². The molecule has 0 saturated heterocycles. The first kappa shape index (κ1) is 24.5. The van der Waals surface area contributed by atoms with Crippen LogP contribution in [-0.2, 0) is 4.74 Å². The minimum Gasteiger partial charge on any atom is -0.453 e. The van der Waals surface area contributed by atoms with Crippen LogP contribution in [0.1, 0.15) is 21.7 Å².